The lowest BCUT2D eigenvalue weighted by Gasteiger charge is -1.96. The molecule has 0 saturated heterocycles. The molecular weight excluding hydrogens is 218 g/mol. The number of hydrogen-bond donors (Lipinski definition) is 0. The fraction of sp³-hybridized carbons (Fsp3) is 0. The zero-order valence-electron chi connectivity index (χ0n) is 8.70. The van der Waals surface area contributed by atoms with E-state index in [1.807, 2.05) is 18.2 Å². The molecule has 0 fully saturated rings. The third kappa shape index (κ3) is 1.48. The molecule has 0 aliphatic heterocycles. The van der Waals surface area contributed by atoms with Crippen molar-refractivity contribution in [2.45, 2.75) is 0 Å². The molecule has 5 nitrogen and oxygen atoms in total. The first-order chi connectivity index (χ1) is 8.25. The number of para-hydroxylation sites is 1. The normalized spacial score (nSPS) is 13.9. The first-order valence-corrected chi connectivity index (χ1v) is 5.05. The molecule has 0 unspecified atom stereocenters. The lowest BCUT2D eigenvalue weighted by Crippen LogP contribution is -2.10. The fourth-order valence-corrected chi connectivity index (χ4v) is 1.62. The first kappa shape index (κ1) is 9.65. The van der Waals surface area contributed by atoms with Gasteiger partial charge in [-0.15, -0.1) is 10.2 Å². The van der Waals surface area contributed by atoms with Gasteiger partial charge in [0.15, 0.2) is 11.4 Å². The van der Waals surface area contributed by atoms with E-state index in [2.05, 4.69) is 10.2 Å². The highest BCUT2D eigenvalue weighted by molar-refractivity contribution is 6.20. The highest BCUT2D eigenvalue weighted by Crippen LogP contribution is 2.14. The minimum absolute atomic E-state index is 0.112. The van der Waals surface area contributed by atoms with Gasteiger partial charge in [-0.05, 0) is 24.3 Å². The van der Waals surface area contributed by atoms with Crippen molar-refractivity contribution in [1.29, 1.82) is 0 Å². The van der Waals surface area contributed by atoms with Crippen LogP contribution in [0.1, 0.15) is 21.0 Å². The lowest BCUT2D eigenvalue weighted by molar-refractivity contribution is 0.0989. The summed E-state index contributed by atoms with van der Waals surface area (Å²) in [5.74, 6) is -0.580. The number of nitrogens with zero attached hydrogens (tertiary/aromatic N) is 3. The Morgan fingerprint density at radius 3 is 1.88 bits per heavy atom. The van der Waals surface area contributed by atoms with Crippen LogP contribution in [0, 0.1) is 0 Å². The number of aromatic nitrogens is 3. The Morgan fingerprint density at radius 1 is 0.824 bits per heavy atom. The average molecular weight is 225 g/mol. The van der Waals surface area contributed by atoms with Crippen LogP contribution in [0.25, 0.3) is 5.69 Å². The molecule has 82 valence electrons. The molecule has 1 aliphatic carbocycles. The highest BCUT2D eigenvalue weighted by atomic mass is 16.1. The topological polar surface area (TPSA) is 64.8 Å². The molecule has 0 bridgehead atoms. The molecule has 3 rings (SSSR count). The first-order valence-electron chi connectivity index (χ1n) is 5.05. The van der Waals surface area contributed by atoms with Gasteiger partial charge in [-0.25, -0.2) is 0 Å². The van der Waals surface area contributed by atoms with E-state index in [1.54, 1.807) is 12.1 Å². The zero-order valence-corrected chi connectivity index (χ0v) is 8.70. The molecule has 0 amide bonds. The molecule has 0 N–H and O–H groups in total. The number of fused-ring (bicyclic) bond motifs is 1. The number of rotatable bonds is 1. The Morgan fingerprint density at radius 2 is 1.35 bits per heavy atom. The summed E-state index contributed by atoms with van der Waals surface area (Å²) in [5, 5.41) is 8.07. The third-order valence-corrected chi connectivity index (χ3v) is 2.45. The Bertz CT molecular complexity index is 606. The molecule has 1 aromatic heterocycles. The second kappa shape index (κ2) is 3.48. The van der Waals surface area contributed by atoms with E-state index in [4.69, 9.17) is 0 Å². The van der Waals surface area contributed by atoms with E-state index >= 15 is 0 Å². The van der Waals surface area contributed by atoms with Gasteiger partial charge in [-0.1, -0.05) is 18.2 Å². The molecule has 0 radical (unpaired) electrons. The molecule has 17 heavy (non-hydrogen) atoms. The molecule has 2 aromatic rings. The maximum Gasteiger partial charge on any atom is 0.208 e. The molecule has 5 heteroatoms. The van der Waals surface area contributed by atoms with E-state index < -0.39 is 0 Å². The second-order valence-corrected chi connectivity index (χ2v) is 3.58. The van der Waals surface area contributed by atoms with Gasteiger partial charge >= 0.3 is 0 Å². The average Bonchev–Trinajstić information content (AvgIpc) is 2.81. The van der Waals surface area contributed by atoms with Gasteiger partial charge < -0.3 is 0 Å². The molecule has 0 spiro atoms. The summed E-state index contributed by atoms with van der Waals surface area (Å²) in [6.07, 6.45) is 2.43. The second-order valence-electron chi connectivity index (χ2n) is 3.58. The molecule has 1 aromatic carbocycles. The van der Waals surface area contributed by atoms with E-state index in [9.17, 15) is 9.59 Å². The van der Waals surface area contributed by atoms with Gasteiger partial charge in [0, 0.05) is 0 Å². The summed E-state index contributed by atoms with van der Waals surface area (Å²) in [5.41, 5.74) is 0.935. The Labute approximate surface area is 96.4 Å². The largest absolute Gasteiger partial charge is 0.287 e. The van der Waals surface area contributed by atoms with Crippen LogP contribution >= 0.6 is 0 Å². The van der Waals surface area contributed by atoms with Crippen molar-refractivity contribution in [3.63, 3.8) is 0 Å². The minimum Gasteiger partial charge on any atom is -0.287 e. The number of benzene rings is 1. The van der Waals surface area contributed by atoms with Crippen LogP contribution in [0.3, 0.4) is 0 Å². The predicted octanol–water partition coefficient (Wildman–Crippen LogP) is 1.20. The van der Waals surface area contributed by atoms with E-state index in [0.717, 1.165) is 0 Å². The number of carbonyl (C=O) groups excluding carboxylic acids is 2. The number of ketones is 2. The summed E-state index contributed by atoms with van der Waals surface area (Å²) in [6.45, 7) is 0. The molecule has 1 aliphatic rings. The number of carbonyl (C=O) groups is 2. The SMILES string of the molecule is O=C1C=CC(=O)c2nn(-c3ccccc3)nc21. The number of allylic oxidation sites excluding steroid dienone is 2. The Hall–Kier alpha value is -2.56. The minimum atomic E-state index is -0.290. The maximum atomic E-state index is 11.5. The number of hydrogen-bond acceptors (Lipinski definition) is 4. The van der Waals surface area contributed by atoms with Crippen molar-refractivity contribution in [2.75, 3.05) is 0 Å². The Balaban J connectivity index is 2.15. The van der Waals surface area contributed by atoms with E-state index in [-0.39, 0.29) is 23.0 Å². The van der Waals surface area contributed by atoms with Crippen molar-refractivity contribution in [1.82, 2.24) is 15.0 Å². The van der Waals surface area contributed by atoms with Crippen LogP contribution in [-0.2, 0) is 0 Å². The molecule has 0 atom stereocenters. The lowest BCUT2D eigenvalue weighted by atomic mass is 10.1. The third-order valence-electron chi connectivity index (χ3n) is 2.45. The van der Waals surface area contributed by atoms with Crippen LogP contribution < -0.4 is 0 Å². The van der Waals surface area contributed by atoms with Crippen LogP contribution in [0.2, 0.25) is 0 Å². The highest BCUT2D eigenvalue weighted by Gasteiger charge is 2.25. The van der Waals surface area contributed by atoms with Crippen molar-refractivity contribution in [3.05, 3.63) is 53.9 Å². The van der Waals surface area contributed by atoms with Gasteiger partial charge in [0.25, 0.3) is 0 Å². The fourth-order valence-electron chi connectivity index (χ4n) is 1.62. The van der Waals surface area contributed by atoms with Crippen molar-refractivity contribution < 1.29 is 9.59 Å². The van der Waals surface area contributed by atoms with Crippen molar-refractivity contribution in [2.24, 2.45) is 0 Å². The van der Waals surface area contributed by atoms with E-state index in [1.165, 1.54) is 16.9 Å². The van der Waals surface area contributed by atoms with Gasteiger partial charge in [-0.3, -0.25) is 9.59 Å². The van der Waals surface area contributed by atoms with Crippen molar-refractivity contribution >= 4 is 11.6 Å². The Kier molecular flexibility index (Phi) is 1.98. The van der Waals surface area contributed by atoms with Gasteiger partial charge in [0.05, 0.1) is 5.69 Å². The molecule has 1 heterocycles. The standard InChI is InChI=1S/C12H7N3O2/c16-9-6-7-10(17)12-11(9)13-15(14-12)8-4-2-1-3-5-8/h1-7H. The van der Waals surface area contributed by atoms with Gasteiger partial charge in [-0.2, -0.15) is 4.80 Å². The maximum absolute atomic E-state index is 11.5. The summed E-state index contributed by atoms with van der Waals surface area (Å²) >= 11 is 0. The van der Waals surface area contributed by atoms with Crippen molar-refractivity contribution in [3.8, 4) is 5.69 Å². The van der Waals surface area contributed by atoms with Crippen LogP contribution in [0.15, 0.2) is 42.5 Å². The summed E-state index contributed by atoms with van der Waals surface area (Å²) < 4.78 is 0. The van der Waals surface area contributed by atoms with Crippen LogP contribution in [0.5, 0.6) is 0 Å². The smallest absolute Gasteiger partial charge is 0.208 e. The van der Waals surface area contributed by atoms with Crippen LogP contribution in [0.4, 0.5) is 0 Å². The van der Waals surface area contributed by atoms with Gasteiger partial charge in [0.1, 0.15) is 0 Å². The van der Waals surface area contributed by atoms with Crippen LogP contribution in [-0.4, -0.2) is 26.6 Å². The monoisotopic (exact) mass is 225 g/mol. The quantitative estimate of drug-likeness (QED) is 0.731. The zero-order chi connectivity index (χ0) is 11.8. The van der Waals surface area contributed by atoms with E-state index in [0.29, 0.717) is 5.69 Å². The summed E-state index contributed by atoms with van der Waals surface area (Å²) in [4.78, 5) is 24.3. The summed E-state index contributed by atoms with van der Waals surface area (Å²) in [7, 11) is 0. The van der Waals surface area contributed by atoms with Gasteiger partial charge in [0.2, 0.25) is 11.6 Å². The predicted molar refractivity (Wildman–Crippen MR) is 59.2 cm³/mol. The molecule has 0 saturated carbocycles. The molecular formula is C12H7N3O2. The summed E-state index contributed by atoms with van der Waals surface area (Å²) in [6, 6.07) is 9.13.